The van der Waals surface area contributed by atoms with Gasteiger partial charge in [-0.2, -0.15) is 0 Å². The Morgan fingerprint density at radius 1 is 1.24 bits per heavy atom. The van der Waals surface area contributed by atoms with Crippen molar-refractivity contribution in [3.8, 4) is 0 Å². The molecule has 5 heteroatoms. The van der Waals surface area contributed by atoms with Gasteiger partial charge >= 0.3 is 0 Å². The molecule has 2 aromatic rings. The van der Waals surface area contributed by atoms with Crippen molar-refractivity contribution in [1.82, 2.24) is 10.2 Å². The van der Waals surface area contributed by atoms with Gasteiger partial charge in [-0.25, -0.2) is 0 Å². The lowest BCUT2D eigenvalue weighted by Gasteiger charge is -1.99. The fourth-order valence-electron chi connectivity index (χ4n) is 1.27. The lowest BCUT2D eigenvalue weighted by molar-refractivity contribution is 0.894. The molecular formula is C12H15N3S2. The molecule has 17 heavy (non-hydrogen) atoms. The fraction of sp³-hybridized carbons (Fsp3) is 0.333. The second-order valence-electron chi connectivity index (χ2n) is 3.57. The molecule has 0 bridgehead atoms. The van der Waals surface area contributed by atoms with Gasteiger partial charge in [0.1, 0.15) is 0 Å². The van der Waals surface area contributed by atoms with Gasteiger partial charge in [0.25, 0.3) is 0 Å². The summed E-state index contributed by atoms with van der Waals surface area (Å²) in [6.45, 7) is 2.20. The summed E-state index contributed by atoms with van der Waals surface area (Å²) in [7, 11) is 0. The number of unbranched alkanes of at least 4 members (excludes halogenated alkanes) is 1. The van der Waals surface area contributed by atoms with E-state index in [0.717, 1.165) is 20.9 Å². The van der Waals surface area contributed by atoms with Crippen molar-refractivity contribution in [1.29, 1.82) is 0 Å². The van der Waals surface area contributed by atoms with E-state index in [4.69, 9.17) is 0 Å². The highest BCUT2D eigenvalue weighted by molar-refractivity contribution is 8.01. The van der Waals surface area contributed by atoms with Gasteiger partial charge < -0.3 is 5.32 Å². The number of hydrogen-bond donors (Lipinski definition) is 1. The fourth-order valence-corrected chi connectivity index (χ4v) is 3.19. The van der Waals surface area contributed by atoms with Crippen LogP contribution in [0.3, 0.4) is 0 Å². The molecule has 0 atom stereocenters. The lowest BCUT2D eigenvalue weighted by Crippen LogP contribution is -1.87. The molecule has 90 valence electrons. The van der Waals surface area contributed by atoms with Crippen molar-refractivity contribution in [2.75, 3.05) is 11.1 Å². The molecule has 0 aliphatic heterocycles. The van der Waals surface area contributed by atoms with E-state index < -0.39 is 0 Å². The molecule has 0 aliphatic rings. The van der Waals surface area contributed by atoms with E-state index in [9.17, 15) is 0 Å². The van der Waals surface area contributed by atoms with Crippen molar-refractivity contribution in [2.24, 2.45) is 0 Å². The molecule has 3 nitrogen and oxygen atoms in total. The largest absolute Gasteiger partial charge is 0.330 e. The maximum Gasteiger partial charge on any atom is 0.210 e. The average Bonchev–Trinajstić information content (AvgIpc) is 2.79. The van der Waals surface area contributed by atoms with Crippen LogP contribution in [0.4, 0.5) is 10.8 Å². The number of anilines is 2. The summed E-state index contributed by atoms with van der Waals surface area (Å²) in [4.78, 5) is 0. The number of nitrogens with zero attached hydrogens (tertiary/aromatic N) is 2. The summed E-state index contributed by atoms with van der Waals surface area (Å²) in [6.07, 6.45) is 2.45. The molecule has 0 saturated heterocycles. The second-order valence-corrected chi connectivity index (χ2v) is 5.89. The Labute approximate surface area is 110 Å². The third-order valence-corrected chi connectivity index (χ3v) is 4.21. The Morgan fingerprint density at radius 3 is 2.82 bits per heavy atom. The summed E-state index contributed by atoms with van der Waals surface area (Å²) in [5.74, 6) is 1.12. The van der Waals surface area contributed by atoms with Gasteiger partial charge in [-0.3, -0.25) is 0 Å². The molecule has 2 rings (SSSR count). The number of aromatic nitrogens is 2. The molecule has 1 heterocycles. The minimum Gasteiger partial charge on any atom is -0.330 e. The normalized spacial score (nSPS) is 10.4. The Bertz CT molecular complexity index is 442. The number of nitrogens with one attached hydrogen (secondary N) is 1. The summed E-state index contributed by atoms with van der Waals surface area (Å²) in [5.41, 5.74) is 1.05. The molecule has 0 radical (unpaired) electrons. The van der Waals surface area contributed by atoms with E-state index in [1.807, 2.05) is 30.3 Å². The molecule has 0 spiro atoms. The highest BCUT2D eigenvalue weighted by atomic mass is 32.2. The second kappa shape index (κ2) is 6.61. The summed E-state index contributed by atoms with van der Waals surface area (Å²) in [5, 5.41) is 12.4. The van der Waals surface area contributed by atoms with Crippen molar-refractivity contribution in [2.45, 2.75) is 24.1 Å². The smallest absolute Gasteiger partial charge is 0.210 e. The van der Waals surface area contributed by atoms with E-state index in [-0.39, 0.29) is 0 Å². The number of para-hydroxylation sites is 1. The van der Waals surface area contributed by atoms with Crippen LogP contribution in [0.15, 0.2) is 34.7 Å². The van der Waals surface area contributed by atoms with Crippen LogP contribution in [0.5, 0.6) is 0 Å². The SMILES string of the molecule is CCCCSc1nnc(Nc2ccccc2)s1. The van der Waals surface area contributed by atoms with Crippen LogP contribution >= 0.6 is 23.1 Å². The zero-order chi connectivity index (χ0) is 11.9. The zero-order valence-electron chi connectivity index (χ0n) is 9.72. The van der Waals surface area contributed by atoms with Crippen LogP contribution in [0, 0.1) is 0 Å². The monoisotopic (exact) mass is 265 g/mol. The van der Waals surface area contributed by atoms with Gasteiger partial charge in [-0.15, -0.1) is 10.2 Å². The highest BCUT2D eigenvalue weighted by Crippen LogP contribution is 2.27. The van der Waals surface area contributed by atoms with E-state index >= 15 is 0 Å². The Kier molecular flexibility index (Phi) is 4.82. The third-order valence-electron chi connectivity index (χ3n) is 2.15. The van der Waals surface area contributed by atoms with Crippen molar-refractivity contribution in [3.05, 3.63) is 30.3 Å². The van der Waals surface area contributed by atoms with E-state index in [1.165, 1.54) is 12.8 Å². The molecule has 1 N–H and O–H groups in total. The summed E-state index contributed by atoms with van der Waals surface area (Å²) < 4.78 is 1.04. The van der Waals surface area contributed by atoms with Gasteiger partial charge in [0.2, 0.25) is 5.13 Å². The first kappa shape index (κ1) is 12.4. The number of thioether (sulfide) groups is 1. The Balaban J connectivity index is 1.90. The van der Waals surface area contributed by atoms with Crippen LogP contribution in [-0.2, 0) is 0 Å². The summed E-state index contributed by atoms with van der Waals surface area (Å²) in [6, 6.07) is 10.0. The van der Waals surface area contributed by atoms with Gasteiger partial charge in [0, 0.05) is 11.4 Å². The van der Waals surface area contributed by atoms with Crippen LogP contribution in [0.2, 0.25) is 0 Å². The zero-order valence-corrected chi connectivity index (χ0v) is 11.4. The molecule has 0 saturated carbocycles. The quantitative estimate of drug-likeness (QED) is 0.628. The molecule has 1 aromatic heterocycles. The van der Waals surface area contributed by atoms with Crippen LogP contribution < -0.4 is 5.32 Å². The highest BCUT2D eigenvalue weighted by Gasteiger charge is 2.04. The molecule has 1 aromatic carbocycles. The van der Waals surface area contributed by atoms with Gasteiger partial charge in [0.15, 0.2) is 4.34 Å². The van der Waals surface area contributed by atoms with Crippen LogP contribution in [0.25, 0.3) is 0 Å². The molecular weight excluding hydrogens is 250 g/mol. The molecule has 0 aliphatic carbocycles. The first-order valence-corrected chi connectivity index (χ1v) is 7.47. The maximum absolute atomic E-state index is 4.15. The summed E-state index contributed by atoms with van der Waals surface area (Å²) >= 11 is 3.39. The number of hydrogen-bond acceptors (Lipinski definition) is 5. The topological polar surface area (TPSA) is 37.8 Å². The first-order valence-electron chi connectivity index (χ1n) is 5.67. The van der Waals surface area contributed by atoms with Crippen molar-refractivity contribution < 1.29 is 0 Å². The van der Waals surface area contributed by atoms with E-state index in [1.54, 1.807) is 23.1 Å². The standard InChI is InChI=1S/C12H15N3S2/c1-2-3-9-16-12-15-14-11(17-12)13-10-7-5-4-6-8-10/h4-8H,2-3,9H2,1H3,(H,13,14). The molecule has 0 fully saturated rings. The Morgan fingerprint density at radius 2 is 2.06 bits per heavy atom. The van der Waals surface area contributed by atoms with Crippen LogP contribution in [0.1, 0.15) is 19.8 Å². The number of benzene rings is 1. The van der Waals surface area contributed by atoms with Gasteiger partial charge in [0.05, 0.1) is 0 Å². The molecule has 0 unspecified atom stereocenters. The minimum absolute atomic E-state index is 0.857. The van der Waals surface area contributed by atoms with Gasteiger partial charge in [-0.05, 0) is 18.6 Å². The number of rotatable bonds is 6. The van der Waals surface area contributed by atoms with Crippen LogP contribution in [-0.4, -0.2) is 16.0 Å². The van der Waals surface area contributed by atoms with Crippen molar-refractivity contribution in [3.63, 3.8) is 0 Å². The van der Waals surface area contributed by atoms with Crippen molar-refractivity contribution >= 4 is 33.9 Å². The Hall–Kier alpha value is -1.07. The van der Waals surface area contributed by atoms with E-state index in [2.05, 4.69) is 22.4 Å². The molecule has 0 amide bonds. The van der Waals surface area contributed by atoms with Gasteiger partial charge in [-0.1, -0.05) is 54.6 Å². The predicted octanol–water partition coefficient (Wildman–Crippen LogP) is 4.17. The average molecular weight is 265 g/mol. The maximum atomic E-state index is 4.15. The third kappa shape index (κ3) is 4.02. The predicted molar refractivity (Wildman–Crippen MR) is 75.3 cm³/mol. The van der Waals surface area contributed by atoms with E-state index in [0.29, 0.717) is 0 Å². The minimum atomic E-state index is 0.857. The lowest BCUT2D eigenvalue weighted by atomic mass is 10.3. The first-order chi connectivity index (χ1) is 8.38.